The lowest BCUT2D eigenvalue weighted by Crippen LogP contribution is -2.44. The molecule has 0 spiro atoms. The van der Waals surface area contributed by atoms with E-state index in [0.29, 0.717) is 6.42 Å². The average molecular weight is 429 g/mol. The summed E-state index contributed by atoms with van der Waals surface area (Å²) in [5, 5.41) is 0. The van der Waals surface area contributed by atoms with Gasteiger partial charge in [0, 0.05) is 0 Å². The highest BCUT2D eigenvalue weighted by Gasteiger charge is 2.50. The van der Waals surface area contributed by atoms with Crippen molar-refractivity contribution in [3.05, 3.63) is 0 Å². The summed E-state index contributed by atoms with van der Waals surface area (Å²) in [5.74, 6) is -1.96. The third kappa shape index (κ3) is 11.6. The zero-order valence-corrected chi connectivity index (χ0v) is 19.8. The van der Waals surface area contributed by atoms with Crippen molar-refractivity contribution in [2.24, 2.45) is 5.41 Å². The maximum Gasteiger partial charge on any atom is 0.324 e. The van der Waals surface area contributed by atoms with Gasteiger partial charge in [0.25, 0.3) is 0 Å². The lowest BCUT2D eigenvalue weighted by molar-refractivity contribution is -0.177. The summed E-state index contributed by atoms with van der Waals surface area (Å²) in [4.78, 5) is 37.5. The fourth-order valence-corrected chi connectivity index (χ4v) is 3.61. The monoisotopic (exact) mass is 428 g/mol. The van der Waals surface area contributed by atoms with Crippen LogP contribution in [-0.4, -0.2) is 37.7 Å². The van der Waals surface area contributed by atoms with E-state index in [2.05, 4.69) is 6.92 Å². The number of hydrogen-bond donors (Lipinski definition) is 0. The standard InChI is InChI=1S/C24H44O6/c1-5-9-10-11-12-13-14-15-16-17-18-19-24(22(26)29-7-3,23(27)30-8-4)20-21(25)28-6-2/h5-20H2,1-4H3. The molecule has 0 radical (unpaired) electrons. The molecule has 0 bridgehead atoms. The zero-order chi connectivity index (χ0) is 22.7. The van der Waals surface area contributed by atoms with Gasteiger partial charge in [-0.25, -0.2) is 0 Å². The molecule has 176 valence electrons. The third-order valence-corrected chi connectivity index (χ3v) is 5.29. The normalized spacial score (nSPS) is 11.2. The van der Waals surface area contributed by atoms with Crippen LogP contribution >= 0.6 is 0 Å². The molecule has 0 aliphatic heterocycles. The average Bonchev–Trinajstić information content (AvgIpc) is 2.71. The van der Waals surface area contributed by atoms with E-state index in [0.717, 1.165) is 19.3 Å². The van der Waals surface area contributed by atoms with Crippen LogP contribution < -0.4 is 0 Å². The highest BCUT2D eigenvalue weighted by atomic mass is 16.6. The molecule has 0 N–H and O–H groups in total. The molecule has 0 rings (SSSR count). The molecule has 0 aliphatic carbocycles. The van der Waals surface area contributed by atoms with Crippen LogP contribution in [0.1, 0.15) is 111 Å². The quantitative estimate of drug-likeness (QED) is 0.113. The Balaban J connectivity index is 4.66. The van der Waals surface area contributed by atoms with Gasteiger partial charge in [-0.15, -0.1) is 0 Å². The molecular weight excluding hydrogens is 384 g/mol. The lowest BCUT2D eigenvalue weighted by Gasteiger charge is -2.28. The highest BCUT2D eigenvalue weighted by Crippen LogP contribution is 2.34. The number of carbonyl (C=O) groups is 3. The first-order chi connectivity index (χ1) is 14.5. The van der Waals surface area contributed by atoms with E-state index in [1.54, 1.807) is 20.8 Å². The van der Waals surface area contributed by atoms with Crippen molar-refractivity contribution in [3.63, 3.8) is 0 Å². The molecule has 0 saturated heterocycles. The number of unbranched alkanes of at least 4 members (excludes halogenated alkanes) is 10. The molecule has 0 saturated carbocycles. The molecule has 0 amide bonds. The van der Waals surface area contributed by atoms with Crippen molar-refractivity contribution in [2.45, 2.75) is 111 Å². The molecule has 0 aromatic heterocycles. The number of ether oxygens (including phenoxy) is 3. The van der Waals surface area contributed by atoms with Crippen LogP contribution in [0.2, 0.25) is 0 Å². The first-order valence-corrected chi connectivity index (χ1v) is 12.0. The van der Waals surface area contributed by atoms with Crippen LogP contribution in [0.5, 0.6) is 0 Å². The SMILES string of the molecule is CCCCCCCCCCCCCC(CC(=O)OCC)(C(=O)OCC)C(=O)OCC. The number of carbonyl (C=O) groups excluding carboxylic acids is 3. The van der Waals surface area contributed by atoms with Gasteiger partial charge in [0.1, 0.15) is 0 Å². The Kier molecular flexibility index (Phi) is 17.2. The van der Waals surface area contributed by atoms with Crippen LogP contribution in [0, 0.1) is 5.41 Å². The van der Waals surface area contributed by atoms with Gasteiger partial charge in [0.05, 0.1) is 26.2 Å². The molecule has 0 heterocycles. The second kappa shape index (κ2) is 18.2. The fourth-order valence-electron chi connectivity index (χ4n) is 3.61. The molecular formula is C24H44O6. The summed E-state index contributed by atoms with van der Waals surface area (Å²) in [7, 11) is 0. The number of rotatable bonds is 19. The molecule has 6 nitrogen and oxygen atoms in total. The van der Waals surface area contributed by atoms with Gasteiger partial charge < -0.3 is 14.2 Å². The Morgan fingerprint density at radius 1 is 0.567 bits per heavy atom. The smallest absolute Gasteiger partial charge is 0.324 e. The van der Waals surface area contributed by atoms with Crippen molar-refractivity contribution in [1.29, 1.82) is 0 Å². The van der Waals surface area contributed by atoms with E-state index in [1.807, 2.05) is 0 Å². The van der Waals surface area contributed by atoms with Gasteiger partial charge in [-0.05, 0) is 27.2 Å². The molecule has 0 atom stereocenters. The number of esters is 3. The molecule has 30 heavy (non-hydrogen) atoms. The third-order valence-electron chi connectivity index (χ3n) is 5.29. The van der Waals surface area contributed by atoms with Gasteiger partial charge in [-0.2, -0.15) is 0 Å². The van der Waals surface area contributed by atoms with Gasteiger partial charge in [-0.3, -0.25) is 14.4 Å². The summed E-state index contributed by atoms with van der Waals surface area (Å²) in [6, 6.07) is 0. The van der Waals surface area contributed by atoms with Gasteiger partial charge >= 0.3 is 17.9 Å². The Labute approximate surface area is 183 Å². The van der Waals surface area contributed by atoms with Crippen molar-refractivity contribution in [1.82, 2.24) is 0 Å². The lowest BCUT2D eigenvalue weighted by atomic mass is 9.79. The summed E-state index contributed by atoms with van der Waals surface area (Å²) in [6.07, 6.45) is 12.7. The van der Waals surface area contributed by atoms with E-state index in [4.69, 9.17) is 14.2 Å². The minimum absolute atomic E-state index is 0.140. The van der Waals surface area contributed by atoms with Gasteiger partial charge in [-0.1, -0.05) is 77.6 Å². The molecule has 0 fully saturated rings. The molecule has 0 aromatic rings. The van der Waals surface area contributed by atoms with Crippen LogP contribution in [0.4, 0.5) is 0 Å². The predicted molar refractivity (Wildman–Crippen MR) is 118 cm³/mol. The molecule has 0 aliphatic rings. The van der Waals surface area contributed by atoms with Crippen molar-refractivity contribution >= 4 is 17.9 Å². The second-order valence-corrected chi connectivity index (χ2v) is 7.79. The zero-order valence-electron chi connectivity index (χ0n) is 19.8. The Bertz CT molecular complexity index is 456. The first kappa shape index (κ1) is 28.4. The van der Waals surface area contributed by atoms with Crippen LogP contribution in [-0.2, 0) is 28.6 Å². The fraction of sp³-hybridized carbons (Fsp3) is 0.875. The maximum absolute atomic E-state index is 12.7. The summed E-state index contributed by atoms with van der Waals surface area (Å²) in [6.45, 7) is 7.76. The summed E-state index contributed by atoms with van der Waals surface area (Å²) >= 11 is 0. The topological polar surface area (TPSA) is 78.9 Å². The van der Waals surface area contributed by atoms with E-state index >= 15 is 0 Å². The number of hydrogen-bond acceptors (Lipinski definition) is 6. The van der Waals surface area contributed by atoms with Crippen molar-refractivity contribution in [3.8, 4) is 0 Å². The Hall–Kier alpha value is -1.59. The van der Waals surface area contributed by atoms with E-state index in [9.17, 15) is 14.4 Å². The van der Waals surface area contributed by atoms with Crippen LogP contribution in [0.15, 0.2) is 0 Å². The minimum atomic E-state index is -1.61. The van der Waals surface area contributed by atoms with Gasteiger partial charge in [0.15, 0.2) is 5.41 Å². The Morgan fingerprint density at radius 3 is 1.37 bits per heavy atom. The van der Waals surface area contributed by atoms with E-state index in [-0.39, 0.29) is 32.7 Å². The van der Waals surface area contributed by atoms with Crippen LogP contribution in [0.25, 0.3) is 0 Å². The summed E-state index contributed by atoms with van der Waals surface area (Å²) in [5.41, 5.74) is -1.61. The van der Waals surface area contributed by atoms with Crippen molar-refractivity contribution < 1.29 is 28.6 Å². The van der Waals surface area contributed by atoms with Crippen molar-refractivity contribution in [2.75, 3.05) is 19.8 Å². The Morgan fingerprint density at radius 2 is 0.967 bits per heavy atom. The predicted octanol–water partition coefficient (Wildman–Crippen LogP) is 5.75. The molecule has 6 heteroatoms. The maximum atomic E-state index is 12.7. The van der Waals surface area contributed by atoms with E-state index < -0.39 is 23.3 Å². The minimum Gasteiger partial charge on any atom is -0.466 e. The summed E-state index contributed by atoms with van der Waals surface area (Å²) < 4.78 is 15.3. The van der Waals surface area contributed by atoms with E-state index in [1.165, 1.54) is 44.9 Å². The first-order valence-electron chi connectivity index (χ1n) is 12.0. The van der Waals surface area contributed by atoms with Gasteiger partial charge in [0.2, 0.25) is 0 Å². The molecule has 0 unspecified atom stereocenters. The molecule has 0 aromatic carbocycles. The largest absolute Gasteiger partial charge is 0.466 e. The second-order valence-electron chi connectivity index (χ2n) is 7.79. The van der Waals surface area contributed by atoms with Crippen LogP contribution in [0.3, 0.4) is 0 Å². The highest BCUT2D eigenvalue weighted by molar-refractivity contribution is 6.03.